The highest BCUT2D eigenvalue weighted by molar-refractivity contribution is 5.79. The number of ether oxygens (including phenoxy) is 1. The number of rotatable bonds is 4. The van der Waals surface area contributed by atoms with E-state index in [1.165, 1.54) is 6.07 Å². The highest BCUT2D eigenvalue weighted by atomic mass is 19.3. The van der Waals surface area contributed by atoms with E-state index in [2.05, 4.69) is 14.7 Å². The van der Waals surface area contributed by atoms with E-state index in [1.807, 2.05) is 0 Å². The molecule has 98 valence electrons. The van der Waals surface area contributed by atoms with Gasteiger partial charge in [-0.3, -0.25) is 0 Å². The summed E-state index contributed by atoms with van der Waals surface area (Å²) in [5, 5.41) is 0. The maximum atomic E-state index is 12.6. The number of anilines is 1. The number of aromatic nitrogens is 2. The summed E-state index contributed by atoms with van der Waals surface area (Å²) in [5.74, 6) is -4.21. The Kier molecular flexibility index (Phi) is 3.02. The second kappa shape index (κ2) is 4.35. The molecule has 4 nitrogen and oxygen atoms in total. The molecular formula is C10H9F4N3O. The molecule has 0 aliphatic rings. The highest BCUT2D eigenvalue weighted by Gasteiger charge is 2.42. The highest BCUT2D eigenvalue weighted by Crippen LogP contribution is 2.24. The zero-order valence-electron chi connectivity index (χ0n) is 8.96. The van der Waals surface area contributed by atoms with Crippen LogP contribution in [0.3, 0.4) is 0 Å². The lowest BCUT2D eigenvalue weighted by atomic mass is 10.3. The number of imidazole rings is 1. The van der Waals surface area contributed by atoms with Gasteiger partial charge in [0.15, 0.2) is 6.61 Å². The number of nitrogens with two attached hydrogens (primary N) is 1. The molecule has 0 atom stereocenters. The lowest BCUT2D eigenvalue weighted by Gasteiger charge is -2.14. The van der Waals surface area contributed by atoms with E-state index in [0.717, 1.165) is 0 Å². The van der Waals surface area contributed by atoms with E-state index in [0.29, 0.717) is 16.7 Å². The maximum Gasteiger partial charge on any atom is 0.340 e. The Hall–Kier alpha value is -1.99. The van der Waals surface area contributed by atoms with Gasteiger partial charge in [-0.05, 0) is 18.2 Å². The van der Waals surface area contributed by atoms with Crippen molar-refractivity contribution in [3.8, 4) is 6.01 Å². The van der Waals surface area contributed by atoms with Crippen molar-refractivity contribution < 1.29 is 22.3 Å². The van der Waals surface area contributed by atoms with Crippen LogP contribution >= 0.6 is 0 Å². The van der Waals surface area contributed by atoms with E-state index in [9.17, 15) is 17.6 Å². The van der Waals surface area contributed by atoms with E-state index in [-0.39, 0.29) is 6.01 Å². The first-order chi connectivity index (χ1) is 8.38. The number of hydrogen-bond acceptors (Lipinski definition) is 3. The summed E-state index contributed by atoms with van der Waals surface area (Å²) in [6, 6.07) is 4.40. The number of aromatic amines is 1. The molecule has 0 bridgehead atoms. The molecule has 1 aromatic heterocycles. The number of alkyl halides is 4. The van der Waals surface area contributed by atoms with Gasteiger partial charge in [0.05, 0.1) is 11.0 Å². The molecule has 18 heavy (non-hydrogen) atoms. The van der Waals surface area contributed by atoms with Crippen LogP contribution < -0.4 is 10.5 Å². The SMILES string of the molecule is Nc1ccc2nc(OCC(F)(F)C(F)F)[nH]c2c1. The number of nitrogens with zero attached hydrogens (tertiary/aromatic N) is 1. The average molecular weight is 263 g/mol. The van der Waals surface area contributed by atoms with Crippen molar-refractivity contribution in [2.45, 2.75) is 12.3 Å². The Morgan fingerprint density at radius 3 is 2.78 bits per heavy atom. The van der Waals surface area contributed by atoms with Gasteiger partial charge < -0.3 is 15.5 Å². The molecule has 0 fully saturated rings. The Labute approximate surface area is 98.8 Å². The molecule has 2 aromatic rings. The first kappa shape index (κ1) is 12.5. The third-order valence-corrected chi connectivity index (χ3v) is 2.20. The molecule has 0 radical (unpaired) electrons. The summed E-state index contributed by atoms with van der Waals surface area (Å²) in [6.07, 6.45) is -3.78. The van der Waals surface area contributed by atoms with Crippen LogP contribution in [0.15, 0.2) is 18.2 Å². The second-order valence-corrected chi connectivity index (χ2v) is 3.67. The minimum absolute atomic E-state index is 0.254. The van der Waals surface area contributed by atoms with Crippen LogP contribution in [0.25, 0.3) is 11.0 Å². The third-order valence-electron chi connectivity index (χ3n) is 2.20. The zero-order chi connectivity index (χ0) is 13.3. The number of fused-ring (bicyclic) bond motifs is 1. The van der Waals surface area contributed by atoms with Gasteiger partial charge in [0.25, 0.3) is 6.01 Å². The first-order valence-corrected chi connectivity index (χ1v) is 4.92. The minimum atomic E-state index is -4.21. The Bertz CT molecular complexity index is 555. The fraction of sp³-hybridized carbons (Fsp3) is 0.300. The molecule has 0 saturated carbocycles. The summed E-state index contributed by atoms with van der Waals surface area (Å²) >= 11 is 0. The van der Waals surface area contributed by atoms with Crippen molar-refractivity contribution in [2.24, 2.45) is 0 Å². The quantitative estimate of drug-likeness (QED) is 0.657. The average Bonchev–Trinajstić information content (AvgIpc) is 2.68. The predicted molar refractivity (Wildman–Crippen MR) is 57.0 cm³/mol. The summed E-state index contributed by atoms with van der Waals surface area (Å²) in [5.41, 5.74) is 6.88. The first-order valence-electron chi connectivity index (χ1n) is 4.92. The van der Waals surface area contributed by atoms with Crippen LogP contribution in [0.1, 0.15) is 0 Å². The smallest absolute Gasteiger partial charge is 0.340 e. The molecule has 0 unspecified atom stereocenters. The second-order valence-electron chi connectivity index (χ2n) is 3.67. The summed E-state index contributed by atoms with van der Waals surface area (Å²) in [4.78, 5) is 6.36. The predicted octanol–water partition coefficient (Wildman–Crippen LogP) is 2.42. The van der Waals surface area contributed by atoms with E-state index < -0.39 is 19.0 Å². The van der Waals surface area contributed by atoms with Crippen molar-refractivity contribution in [3.63, 3.8) is 0 Å². The van der Waals surface area contributed by atoms with Crippen LogP contribution in [-0.2, 0) is 0 Å². The van der Waals surface area contributed by atoms with Crippen LogP contribution in [-0.4, -0.2) is 28.9 Å². The van der Waals surface area contributed by atoms with Crippen molar-refractivity contribution in [1.29, 1.82) is 0 Å². The molecular weight excluding hydrogens is 254 g/mol. The number of hydrogen-bond donors (Lipinski definition) is 2. The number of H-pyrrole nitrogens is 1. The molecule has 2 rings (SSSR count). The number of nitrogens with one attached hydrogen (secondary N) is 1. The molecule has 3 N–H and O–H groups in total. The fourth-order valence-electron chi connectivity index (χ4n) is 1.30. The molecule has 0 spiro atoms. The molecule has 1 aromatic carbocycles. The summed E-state index contributed by atoms with van der Waals surface area (Å²) in [7, 11) is 0. The monoisotopic (exact) mass is 263 g/mol. The van der Waals surface area contributed by atoms with E-state index in [1.54, 1.807) is 12.1 Å². The maximum absolute atomic E-state index is 12.6. The van der Waals surface area contributed by atoms with Gasteiger partial charge in [0.2, 0.25) is 0 Å². The topological polar surface area (TPSA) is 63.9 Å². The van der Waals surface area contributed by atoms with Crippen LogP contribution in [0.4, 0.5) is 23.2 Å². The largest absolute Gasteiger partial charge is 0.458 e. The molecule has 0 saturated heterocycles. The van der Waals surface area contributed by atoms with Crippen LogP contribution in [0.2, 0.25) is 0 Å². The van der Waals surface area contributed by atoms with Gasteiger partial charge >= 0.3 is 12.3 Å². The molecule has 0 amide bonds. The van der Waals surface area contributed by atoms with Crippen molar-refractivity contribution in [2.75, 3.05) is 12.3 Å². The van der Waals surface area contributed by atoms with Crippen LogP contribution in [0.5, 0.6) is 6.01 Å². The third kappa shape index (κ3) is 2.47. The lowest BCUT2D eigenvalue weighted by Crippen LogP contribution is -2.33. The standard InChI is InChI=1S/C10H9F4N3O/c11-8(12)10(13,14)4-18-9-16-6-2-1-5(15)3-7(6)17-9/h1-3,8H,4,15H2,(H,16,17). The van der Waals surface area contributed by atoms with Gasteiger partial charge in [0, 0.05) is 5.69 Å². The van der Waals surface area contributed by atoms with Gasteiger partial charge in [-0.1, -0.05) is 0 Å². The van der Waals surface area contributed by atoms with E-state index in [4.69, 9.17) is 5.73 Å². The lowest BCUT2D eigenvalue weighted by molar-refractivity contribution is -0.149. The Morgan fingerprint density at radius 2 is 2.11 bits per heavy atom. The minimum Gasteiger partial charge on any atom is -0.458 e. The van der Waals surface area contributed by atoms with Gasteiger partial charge in [-0.25, -0.2) is 8.78 Å². The van der Waals surface area contributed by atoms with E-state index >= 15 is 0 Å². The number of benzene rings is 1. The van der Waals surface area contributed by atoms with Gasteiger partial charge in [-0.2, -0.15) is 13.8 Å². The number of nitrogen functional groups attached to an aromatic ring is 1. The van der Waals surface area contributed by atoms with Crippen molar-refractivity contribution >= 4 is 16.7 Å². The molecule has 1 heterocycles. The van der Waals surface area contributed by atoms with Gasteiger partial charge in [0.1, 0.15) is 0 Å². The molecule has 0 aliphatic heterocycles. The normalized spacial score (nSPS) is 12.3. The fourth-order valence-corrected chi connectivity index (χ4v) is 1.30. The summed E-state index contributed by atoms with van der Waals surface area (Å²) in [6.45, 7) is -1.44. The van der Waals surface area contributed by atoms with Gasteiger partial charge in [-0.15, -0.1) is 0 Å². The van der Waals surface area contributed by atoms with Crippen LogP contribution in [0, 0.1) is 0 Å². The van der Waals surface area contributed by atoms with Crippen molar-refractivity contribution in [3.05, 3.63) is 18.2 Å². The molecule has 0 aliphatic carbocycles. The van der Waals surface area contributed by atoms with Crippen molar-refractivity contribution in [1.82, 2.24) is 9.97 Å². The summed E-state index contributed by atoms with van der Waals surface area (Å²) < 4.78 is 53.5. The Balaban J connectivity index is 2.13. The number of halogens is 4. The zero-order valence-corrected chi connectivity index (χ0v) is 8.96. The molecule has 8 heteroatoms. The Morgan fingerprint density at radius 1 is 1.39 bits per heavy atom.